The number of nitrogens with zero attached hydrogens (tertiary/aromatic N) is 6. The number of carbonyl (C=O) groups is 1. The summed E-state index contributed by atoms with van der Waals surface area (Å²) in [6.45, 7) is 6.10. The smallest absolute Gasteiger partial charge is 0.407 e. The van der Waals surface area contributed by atoms with Gasteiger partial charge in [0, 0.05) is 55.8 Å². The first-order valence-corrected chi connectivity index (χ1v) is 15.3. The Morgan fingerprint density at radius 1 is 1.07 bits per heavy atom. The molecule has 0 bridgehead atoms. The molecule has 1 aromatic heterocycles. The molecule has 0 spiro atoms. The van der Waals surface area contributed by atoms with Gasteiger partial charge in [-0.2, -0.15) is 5.26 Å². The van der Waals surface area contributed by atoms with Crippen LogP contribution < -0.4 is 10.2 Å². The molecule has 220 valence electrons. The number of aromatic nitrogens is 3. The number of hydrogen-bond acceptors (Lipinski definition) is 7. The molecule has 1 aliphatic carbocycles. The highest BCUT2D eigenvalue weighted by Crippen LogP contribution is 2.52. The molecule has 1 amide bonds. The summed E-state index contributed by atoms with van der Waals surface area (Å²) in [4.78, 5) is 17.5. The lowest BCUT2D eigenvalue weighted by atomic mass is 9.58. The van der Waals surface area contributed by atoms with E-state index >= 15 is 0 Å². The van der Waals surface area contributed by atoms with E-state index in [-0.39, 0.29) is 23.5 Å². The number of amides is 1. The summed E-state index contributed by atoms with van der Waals surface area (Å²) >= 11 is 0. The van der Waals surface area contributed by atoms with Crippen molar-refractivity contribution in [1.82, 2.24) is 25.2 Å². The van der Waals surface area contributed by atoms with Gasteiger partial charge in [0.2, 0.25) is 0 Å². The van der Waals surface area contributed by atoms with Crippen molar-refractivity contribution in [3.63, 3.8) is 0 Å². The second-order valence-corrected chi connectivity index (χ2v) is 12.2. The van der Waals surface area contributed by atoms with Crippen LogP contribution >= 0.6 is 0 Å². The van der Waals surface area contributed by atoms with Crippen LogP contribution in [0.25, 0.3) is 0 Å². The van der Waals surface area contributed by atoms with Crippen molar-refractivity contribution in [1.29, 1.82) is 5.26 Å². The molecule has 2 saturated heterocycles. The zero-order valence-corrected chi connectivity index (χ0v) is 24.4. The standard InChI is InChI=1S/C33H41N7O2/c1-35-32(41)42-31-9-5-8-30(31)33(24-40-19-16-36-37-40,27-6-3-2-4-7-27)28-14-17-38(18-15-28)21-26-22-39(23-26)29-12-10-25(20-34)11-13-29/h2-4,6-7,10-13,16,19,26,28,30-31H,5,8-9,14-15,17-18,21-24H2,1H3,(H,35,41)/t30-,31-,33?/m0/s1. The van der Waals surface area contributed by atoms with Gasteiger partial charge in [0.1, 0.15) is 6.10 Å². The molecule has 9 nitrogen and oxygen atoms in total. The SMILES string of the molecule is CNC(=O)O[C@H]1CCC[C@@H]1C(Cn1ccnn1)(c1ccccc1)C1CCN(CC2CN(c3ccc(C#N)cc3)C2)CC1. The van der Waals surface area contributed by atoms with Crippen molar-refractivity contribution in [2.45, 2.75) is 50.2 Å². The number of hydrogen-bond donors (Lipinski definition) is 1. The maximum Gasteiger partial charge on any atom is 0.407 e. The van der Waals surface area contributed by atoms with E-state index in [0.29, 0.717) is 17.4 Å². The molecule has 3 heterocycles. The minimum atomic E-state index is -0.347. The van der Waals surface area contributed by atoms with Crippen LogP contribution in [0.2, 0.25) is 0 Å². The number of nitrogens with one attached hydrogen (secondary N) is 1. The molecule has 2 aromatic carbocycles. The van der Waals surface area contributed by atoms with Crippen LogP contribution in [0.15, 0.2) is 67.0 Å². The fourth-order valence-electron chi connectivity index (χ4n) is 7.92. The maximum atomic E-state index is 12.4. The second-order valence-electron chi connectivity index (χ2n) is 12.2. The van der Waals surface area contributed by atoms with Gasteiger partial charge < -0.3 is 19.9 Å². The van der Waals surface area contributed by atoms with Gasteiger partial charge in [0.25, 0.3) is 0 Å². The summed E-state index contributed by atoms with van der Waals surface area (Å²) in [6.07, 6.45) is 8.40. The van der Waals surface area contributed by atoms with Gasteiger partial charge >= 0.3 is 6.09 Å². The van der Waals surface area contributed by atoms with Crippen molar-refractivity contribution in [2.24, 2.45) is 17.8 Å². The number of benzene rings is 2. The lowest BCUT2D eigenvalue weighted by Gasteiger charge is -2.51. The summed E-state index contributed by atoms with van der Waals surface area (Å²) in [5.41, 5.74) is 3.00. The molecule has 2 aliphatic heterocycles. The molecule has 3 aromatic rings. The molecule has 3 aliphatic rings. The summed E-state index contributed by atoms with van der Waals surface area (Å²) in [7, 11) is 1.63. The van der Waals surface area contributed by atoms with Gasteiger partial charge in [0.05, 0.1) is 24.4 Å². The predicted molar refractivity (Wildman–Crippen MR) is 161 cm³/mol. The van der Waals surface area contributed by atoms with Crippen LogP contribution in [0.4, 0.5) is 10.5 Å². The zero-order valence-electron chi connectivity index (χ0n) is 24.4. The van der Waals surface area contributed by atoms with Crippen LogP contribution in [0.1, 0.15) is 43.2 Å². The fraction of sp³-hybridized carbons (Fsp3) is 0.515. The predicted octanol–water partition coefficient (Wildman–Crippen LogP) is 4.46. The number of piperidine rings is 1. The molecule has 3 fully saturated rings. The van der Waals surface area contributed by atoms with Crippen molar-refractivity contribution in [3.8, 4) is 6.07 Å². The maximum absolute atomic E-state index is 12.4. The lowest BCUT2D eigenvalue weighted by molar-refractivity contribution is 0.000372. The van der Waals surface area contributed by atoms with Crippen LogP contribution in [-0.2, 0) is 16.7 Å². The third-order valence-corrected chi connectivity index (χ3v) is 9.93. The number of carbonyl (C=O) groups excluding carboxylic acids is 1. The minimum Gasteiger partial charge on any atom is -0.446 e. The number of rotatable bonds is 9. The van der Waals surface area contributed by atoms with Gasteiger partial charge in [-0.25, -0.2) is 4.79 Å². The number of likely N-dealkylation sites (tertiary alicyclic amines) is 1. The largest absolute Gasteiger partial charge is 0.446 e. The third kappa shape index (κ3) is 5.73. The van der Waals surface area contributed by atoms with Crippen molar-refractivity contribution in [2.75, 3.05) is 44.7 Å². The van der Waals surface area contributed by atoms with Crippen LogP contribution in [-0.4, -0.2) is 71.9 Å². The zero-order chi connectivity index (χ0) is 28.9. The molecule has 6 rings (SSSR count). The molecular formula is C33H41N7O2. The molecule has 9 heteroatoms. The highest BCUT2D eigenvalue weighted by atomic mass is 16.6. The van der Waals surface area contributed by atoms with Gasteiger partial charge in [-0.1, -0.05) is 35.5 Å². The summed E-state index contributed by atoms with van der Waals surface area (Å²) in [5, 5.41) is 20.3. The first kappa shape index (κ1) is 28.2. The average molecular weight is 568 g/mol. The summed E-state index contributed by atoms with van der Waals surface area (Å²) < 4.78 is 8.03. The van der Waals surface area contributed by atoms with Gasteiger partial charge in [-0.05, 0) is 80.9 Å². The van der Waals surface area contributed by atoms with Crippen LogP contribution in [0.3, 0.4) is 0 Å². The first-order valence-electron chi connectivity index (χ1n) is 15.3. The fourth-order valence-corrected chi connectivity index (χ4v) is 7.92. The van der Waals surface area contributed by atoms with E-state index in [4.69, 9.17) is 10.00 Å². The third-order valence-electron chi connectivity index (χ3n) is 9.93. The van der Waals surface area contributed by atoms with Gasteiger partial charge in [0.15, 0.2) is 0 Å². The van der Waals surface area contributed by atoms with Gasteiger partial charge in [-0.15, -0.1) is 5.10 Å². The van der Waals surface area contributed by atoms with Crippen molar-refractivity contribution in [3.05, 3.63) is 78.1 Å². The summed E-state index contributed by atoms with van der Waals surface area (Å²) in [6, 6.07) is 21.0. The second kappa shape index (κ2) is 12.5. The molecule has 1 unspecified atom stereocenters. The van der Waals surface area contributed by atoms with E-state index < -0.39 is 0 Å². The summed E-state index contributed by atoms with van der Waals surface area (Å²) in [5.74, 6) is 1.28. The normalized spacial score (nSPS) is 23.1. The van der Waals surface area contributed by atoms with E-state index in [1.54, 1.807) is 13.2 Å². The number of ether oxygens (including phenoxy) is 1. The Morgan fingerprint density at radius 3 is 2.50 bits per heavy atom. The van der Waals surface area contributed by atoms with Crippen molar-refractivity contribution < 1.29 is 9.53 Å². The molecular weight excluding hydrogens is 526 g/mol. The minimum absolute atomic E-state index is 0.130. The van der Waals surface area contributed by atoms with E-state index in [1.807, 2.05) is 23.0 Å². The molecule has 42 heavy (non-hydrogen) atoms. The van der Waals surface area contributed by atoms with Crippen LogP contribution in [0, 0.1) is 29.1 Å². The Kier molecular flexibility index (Phi) is 8.43. The Morgan fingerprint density at radius 2 is 1.83 bits per heavy atom. The highest BCUT2D eigenvalue weighted by Gasteiger charge is 2.53. The molecule has 3 atom stereocenters. The molecule has 1 N–H and O–H groups in total. The van der Waals surface area contributed by atoms with Gasteiger partial charge in [-0.3, -0.25) is 4.68 Å². The number of anilines is 1. The number of nitriles is 1. The molecule has 0 radical (unpaired) electrons. The first-order chi connectivity index (χ1) is 20.6. The van der Waals surface area contributed by atoms with Crippen LogP contribution in [0.5, 0.6) is 0 Å². The Labute approximate surface area is 248 Å². The quantitative estimate of drug-likeness (QED) is 0.408. The van der Waals surface area contributed by atoms with Crippen molar-refractivity contribution >= 4 is 11.8 Å². The molecule has 1 saturated carbocycles. The van der Waals surface area contributed by atoms with E-state index in [1.165, 1.54) is 11.3 Å². The topological polar surface area (TPSA) is 99.3 Å². The Bertz CT molecular complexity index is 1340. The monoisotopic (exact) mass is 567 g/mol. The van der Waals surface area contributed by atoms with E-state index in [9.17, 15) is 4.79 Å². The Hall–Kier alpha value is -3.90. The highest BCUT2D eigenvalue weighted by molar-refractivity contribution is 5.67. The average Bonchev–Trinajstić information content (AvgIpc) is 3.71. The number of alkyl carbamates (subject to hydrolysis) is 1. The lowest BCUT2D eigenvalue weighted by Crippen LogP contribution is -2.55. The van der Waals surface area contributed by atoms with E-state index in [0.717, 1.165) is 71.4 Å². The Balaban J connectivity index is 1.18. The van der Waals surface area contributed by atoms with E-state index in [2.05, 4.69) is 74.0 Å².